The predicted octanol–water partition coefficient (Wildman–Crippen LogP) is 0.711. The van der Waals surface area contributed by atoms with E-state index in [1.165, 1.54) is 23.5 Å². The molecule has 0 aromatic carbocycles. The van der Waals surface area contributed by atoms with Crippen molar-refractivity contribution in [1.82, 2.24) is 0 Å². The van der Waals surface area contributed by atoms with Gasteiger partial charge in [0.15, 0.2) is 0 Å². The Morgan fingerprint density at radius 1 is 1.08 bits per heavy atom. The molecule has 0 aromatic heterocycles. The van der Waals surface area contributed by atoms with Crippen LogP contribution < -0.4 is 0 Å². The van der Waals surface area contributed by atoms with E-state index in [9.17, 15) is 9.59 Å². The Hall–Kier alpha value is 0.575. The predicted molar refractivity (Wildman–Crippen MR) is 48.9 cm³/mol. The van der Waals surface area contributed by atoms with E-state index in [0.717, 1.165) is 0 Å². The van der Waals surface area contributed by atoms with Crippen LogP contribution in [0.1, 0.15) is 0 Å². The molecule has 13 heavy (non-hydrogen) atoms. The van der Waals surface area contributed by atoms with Gasteiger partial charge in [0.2, 0.25) is 0 Å². The second-order valence-electron chi connectivity index (χ2n) is 2.02. The summed E-state index contributed by atoms with van der Waals surface area (Å²) in [5.41, 5.74) is 0. The average Bonchev–Trinajstić information content (AvgIpc) is 2.05. The van der Waals surface area contributed by atoms with E-state index in [4.69, 9.17) is 5.29 Å². The first kappa shape index (κ1) is 13.6. The molecule has 0 spiro atoms. The summed E-state index contributed by atoms with van der Waals surface area (Å²) in [5.74, 6) is 0.123. The summed E-state index contributed by atoms with van der Waals surface area (Å²) < 4.78 is 9.62. The van der Waals surface area contributed by atoms with Gasteiger partial charge in [-0.2, -0.15) is 0 Å². The number of rotatable bonds is 6. The first-order valence-electron chi connectivity index (χ1n) is 3.49. The maximum absolute atomic E-state index is 10.8. The van der Waals surface area contributed by atoms with Crippen molar-refractivity contribution in [2.75, 3.05) is 24.0 Å². The molecule has 0 saturated heterocycles. The normalized spacial score (nSPS) is 8.77. The number of carbonyl (C=O) groups is 2. The van der Waals surface area contributed by atoms with Gasteiger partial charge in [-0.15, -0.1) is 0 Å². The van der Waals surface area contributed by atoms with Gasteiger partial charge in [0, 0.05) is 0 Å². The summed E-state index contributed by atoms with van der Waals surface area (Å²) in [6.07, 6.45) is 3.63. The Morgan fingerprint density at radius 3 is 1.77 bits per heavy atom. The quantitative estimate of drug-likeness (QED) is 0.601. The van der Waals surface area contributed by atoms with Crippen LogP contribution in [0.2, 0.25) is 0 Å². The molecule has 0 bridgehead atoms. The molecule has 0 radical (unpaired) electrons. The third kappa shape index (κ3) is 8.89. The van der Waals surface area contributed by atoms with Crippen LogP contribution in [0.4, 0.5) is 0 Å². The van der Waals surface area contributed by atoms with Crippen LogP contribution in [0.3, 0.4) is 0 Å². The first-order chi connectivity index (χ1) is 6.20. The molecule has 4 nitrogen and oxygen atoms in total. The molecule has 0 aromatic rings. The van der Waals surface area contributed by atoms with Crippen molar-refractivity contribution >= 4 is 35.5 Å². The number of thioether (sulfide) groups is 2. The zero-order valence-corrected chi connectivity index (χ0v) is 14.7. The number of carbonyl (C=O) groups excluding carboxylic acids is 2. The maximum atomic E-state index is 10.8. The fourth-order valence-electron chi connectivity index (χ4n) is 0.480. The van der Waals surface area contributed by atoms with Crippen LogP contribution in [0.15, 0.2) is 0 Å². The van der Waals surface area contributed by atoms with Crippen LogP contribution in [-0.4, -0.2) is 36.0 Å². The number of hydrogen-bond acceptors (Lipinski definition) is 6. The Labute approximate surface area is 99.3 Å². The second-order valence-corrected chi connectivity index (χ2v) is 6.91. The van der Waals surface area contributed by atoms with Gasteiger partial charge >= 0.3 is 99.8 Å². The van der Waals surface area contributed by atoms with Crippen molar-refractivity contribution in [3.05, 3.63) is 0 Å². The summed E-state index contributed by atoms with van der Waals surface area (Å²) in [6.45, 7) is 0. The molecular formula is C6H10HgO4S2. The van der Waals surface area contributed by atoms with E-state index in [-0.39, 0.29) is 11.9 Å². The average molecular weight is 411 g/mol. The SMILES string of the molecule is CSCC(=O)[O][Hg][O]C(=O)CSC. The van der Waals surface area contributed by atoms with Gasteiger partial charge in [0.05, 0.1) is 0 Å². The molecule has 0 heterocycles. The van der Waals surface area contributed by atoms with Gasteiger partial charge in [-0.05, 0) is 0 Å². The van der Waals surface area contributed by atoms with E-state index in [1.807, 2.05) is 12.5 Å². The Morgan fingerprint density at radius 2 is 1.46 bits per heavy atom. The van der Waals surface area contributed by atoms with E-state index in [0.29, 0.717) is 11.5 Å². The van der Waals surface area contributed by atoms with Crippen LogP contribution >= 0.6 is 23.5 Å². The summed E-state index contributed by atoms with van der Waals surface area (Å²) in [4.78, 5) is 21.6. The van der Waals surface area contributed by atoms with E-state index < -0.39 is 25.5 Å². The summed E-state index contributed by atoms with van der Waals surface area (Å²) in [6, 6.07) is 0. The van der Waals surface area contributed by atoms with Crippen LogP contribution in [-0.2, 0) is 40.4 Å². The van der Waals surface area contributed by atoms with Gasteiger partial charge < -0.3 is 0 Å². The molecule has 0 unspecified atom stereocenters. The Balaban J connectivity index is 3.33. The fourth-order valence-corrected chi connectivity index (χ4v) is 4.31. The summed E-state index contributed by atoms with van der Waals surface area (Å²) in [5, 5.41) is 0. The van der Waals surface area contributed by atoms with Crippen molar-refractivity contribution in [3.63, 3.8) is 0 Å². The standard InChI is InChI=1S/2C3H6O2S.Hg/c2*1-6-2-3(4)5;/h2*2H2,1H3,(H,4,5);/q;;+2/p-2. The first-order valence-corrected chi connectivity index (χ1v) is 10.8. The molecule has 0 aliphatic heterocycles. The van der Waals surface area contributed by atoms with Gasteiger partial charge in [-0.3, -0.25) is 0 Å². The molecule has 0 amide bonds. The van der Waals surface area contributed by atoms with Crippen LogP contribution in [0, 0.1) is 0 Å². The van der Waals surface area contributed by atoms with Crippen molar-refractivity contribution in [2.45, 2.75) is 0 Å². The molecule has 0 atom stereocenters. The Kier molecular flexibility index (Phi) is 9.55. The zero-order chi connectivity index (χ0) is 10.1. The molecule has 0 aliphatic carbocycles. The third-order valence-electron chi connectivity index (χ3n) is 0.964. The molecule has 0 fully saturated rings. The van der Waals surface area contributed by atoms with Crippen molar-refractivity contribution in [1.29, 1.82) is 0 Å². The molecular weight excluding hydrogens is 401 g/mol. The third-order valence-corrected chi connectivity index (χ3v) is 5.43. The second kappa shape index (κ2) is 9.14. The molecule has 0 saturated carbocycles. The minimum absolute atomic E-state index is 0.272. The Bertz CT molecular complexity index is 158. The molecule has 0 rings (SSSR count). The summed E-state index contributed by atoms with van der Waals surface area (Å²) >= 11 is 0.638. The molecule has 0 aliphatic rings. The van der Waals surface area contributed by atoms with Crippen molar-refractivity contribution in [2.24, 2.45) is 0 Å². The van der Waals surface area contributed by atoms with Crippen molar-refractivity contribution < 1.29 is 40.4 Å². The topological polar surface area (TPSA) is 52.6 Å². The van der Waals surface area contributed by atoms with Crippen molar-refractivity contribution in [3.8, 4) is 0 Å². The molecule has 0 N–H and O–H groups in total. The minimum atomic E-state index is -2.15. The van der Waals surface area contributed by atoms with E-state index in [2.05, 4.69) is 0 Å². The van der Waals surface area contributed by atoms with Gasteiger partial charge in [-0.1, -0.05) is 0 Å². The molecule has 72 valence electrons. The zero-order valence-electron chi connectivity index (χ0n) is 7.57. The van der Waals surface area contributed by atoms with Gasteiger partial charge in [-0.25, -0.2) is 0 Å². The van der Waals surface area contributed by atoms with Gasteiger partial charge in [0.25, 0.3) is 0 Å². The fraction of sp³-hybridized carbons (Fsp3) is 0.667. The van der Waals surface area contributed by atoms with Gasteiger partial charge in [0.1, 0.15) is 0 Å². The van der Waals surface area contributed by atoms with E-state index in [1.54, 1.807) is 0 Å². The summed E-state index contributed by atoms with van der Waals surface area (Å²) in [7, 11) is 0. The van der Waals surface area contributed by atoms with Crippen LogP contribution in [0.5, 0.6) is 0 Å². The monoisotopic (exact) mass is 412 g/mol. The van der Waals surface area contributed by atoms with E-state index >= 15 is 0 Å². The molecule has 7 heteroatoms. The number of hydrogen-bond donors (Lipinski definition) is 0. The van der Waals surface area contributed by atoms with Crippen LogP contribution in [0.25, 0.3) is 0 Å².